The van der Waals surface area contributed by atoms with Crippen molar-refractivity contribution in [2.24, 2.45) is 0 Å². The van der Waals surface area contributed by atoms with Crippen molar-refractivity contribution in [1.29, 1.82) is 0 Å². The number of para-hydroxylation sites is 1. The first-order chi connectivity index (χ1) is 10.4. The van der Waals surface area contributed by atoms with Crippen molar-refractivity contribution in [2.75, 3.05) is 13.2 Å². The molecule has 3 heteroatoms. The fourth-order valence-electron chi connectivity index (χ4n) is 3.14. The van der Waals surface area contributed by atoms with Crippen LogP contribution in [0.25, 0.3) is 11.0 Å². The number of fused-ring (bicyclic) bond motifs is 1. The van der Waals surface area contributed by atoms with E-state index in [1.54, 1.807) is 0 Å². The van der Waals surface area contributed by atoms with E-state index in [0.717, 1.165) is 43.9 Å². The highest BCUT2D eigenvalue weighted by molar-refractivity contribution is 5.82. The highest BCUT2D eigenvalue weighted by Gasteiger charge is 2.14. The molecule has 3 nitrogen and oxygen atoms in total. The monoisotopic (exact) mass is 287 g/mol. The van der Waals surface area contributed by atoms with Crippen LogP contribution in [0.5, 0.6) is 0 Å². The predicted octanol–water partition coefficient (Wildman–Crippen LogP) is 4.04. The molecular formula is C18H25NO2. The Balaban J connectivity index is 1.57. The summed E-state index contributed by atoms with van der Waals surface area (Å²) in [5.74, 6) is 1.11. The van der Waals surface area contributed by atoms with Gasteiger partial charge >= 0.3 is 0 Å². The van der Waals surface area contributed by atoms with Gasteiger partial charge in [-0.05, 0) is 38.3 Å². The molecule has 1 atom stereocenters. The predicted molar refractivity (Wildman–Crippen MR) is 85.5 cm³/mol. The van der Waals surface area contributed by atoms with Crippen molar-refractivity contribution in [1.82, 2.24) is 5.32 Å². The summed E-state index contributed by atoms with van der Waals surface area (Å²) in [7, 11) is 0. The lowest BCUT2D eigenvalue weighted by Gasteiger charge is -2.22. The quantitative estimate of drug-likeness (QED) is 0.814. The van der Waals surface area contributed by atoms with Crippen molar-refractivity contribution < 1.29 is 9.15 Å². The maximum absolute atomic E-state index is 5.93. The minimum absolute atomic E-state index is 0.456. The third kappa shape index (κ3) is 3.47. The minimum Gasteiger partial charge on any atom is -0.461 e. The summed E-state index contributed by atoms with van der Waals surface area (Å²) in [5, 5.41) is 4.81. The zero-order valence-corrected chi connectivity index (χ0v) is 12.9. The molecule has 2 heterocycles. The Kier molecular flexibility index (Phi) is 4.94. The molecule has 1 saturated heterocycles. The normalized spacial score (nSPS) is 19.2. The topological polar surface area (TPSA) is 34.4 Å². The van der Waals surface area contributed by atoms with Crippen LogP contribution in [0, 0.1) is 0 Å². The van der Waals surface area contributed by atoms with Gasteiger partial charge in [0.1, 0.15) is 11.3 Å². The molecule has 0 spiro atoms. The Labute approximate surface area is 126 Å². The number of benzene rings is 1. The second kappa shape index (κ2) is 7.10. The SMILES string of the molecule is CCc1oc2ccccc2c1CNCCC1CCCCO1. The standard InChI is InChI=1S/C18H25NO2/c1-2-17-16(15-8-3-4-9-18(15)21-17)13-19-11-10-14-7-5-6-12-20-14/h3-4,8-9,14,19H,2,5-7,10-13H2,1H3. The molecule has 2 aromatic rings. The highest BCUT2D eigenvalue weighted by atomic mass is 16.5. The number of rotatable bonds is 6. The molecule has 1 aliphatic heterocycles. The number of furan rings is 1. The summed E-state index contributed by atoms with van der Waals surface area (Å²) >= 11 is 0. The number of hydrogen-bond acceptors (Lipinski definition) is 3. The zero-order chi connectivity index (χ0) is 14.5. The Morgan fingerprint density at radius 2 is 2.14 bits per heavy atom. The molecule has 1 aliphatic rings. The average Bonchev–Trinajstić information content (AvgIpc) is 2.90. The van der Waals surface area contributed by atoms with E-state index in [0.29, 0.717) is 6.10 Å². The van der Waals surface area contributed by atoms with Crippen LogP contribution in [0.1, 0.15) is 43.9 Å². The summed E-state index contributed by atoms with van der Waals surface area (Å²) in [6.07, 6.45) is 6.27. The molecule has 21 heavy (non-hydrogen) atoms. The van der Waals surface area contributed by atoms with Gasteiger partial charge < -0.3 is 14.5 Å². The van der Waals surface area contributed by atoms with Crippen LogP contribution in [-0.4, -0.2) is 19.3 Å². The molecule has 1 aromatic heterocycles. The van der Waals surface area contributed by atoms with E-state index < -0.39 is 0 Å². The first kappa shape index (κ1) is 14.6. The van der Waals surface area contributed by atoms with E-state index in [1.165, 1.54) is 30.2 Å². The molecule has 0 saturated carbocycles. The fraction of sp³-hybridized carbons (Fsp3) is 0.556. The van der Waals surface area contributed by atoms with E-state index in [-0.39, 0.29) is 0 Å². The van der Waals surface area contributed by atoms with Crippen molar-refractivity contribution in [3.05, 3.63) is 35.6 Å². The lowest BCUT2D eigenvalue weighted by atomic mass is 10.1. The van der Waals surface area contributed by atoms with Crippen molar-refractivity contribution in [3.8, 4) is 0 Å². The van der Waals surface area contributed by atoms with Crippen LogP contribution in [0.3, 0.4) is 0 Å². The first-order valence-electron chi connectivity index (χ1n) is 8.20. The number of nitrogens with one attached hydrogen (secondary N) is 1. The maximum atomic E-state index is 5.93. The van der Waals surface area contributed by atoms with Gasteiger partial charge in [-0.15, -0.1) is 0 Å². The third-order valence-electron chi connectivity index (χ3n) is 4.32. The highest BCUT2D eigenvalue weighted by Crippen LogP contribution is 2.26. The number of hydrogen-bond donors (Lipinski definition) is 1. The molecule has 0 aliphatic carbocycles. The second-order valence-electron chi connectivity index (χ2n) is 5.81. The molecule has 114 valence electrons. The summed E-state index contributed by atoms with van der Waals surface area (Å²) in [4.78, 5) is 0. The summed E-state index contributed by atoms with van der Waals surface area (Å²) < 4.78 is 11.7. The molecule has 1 N–H and O–H groups in total. The summed E-state index contributed by atoms with van der Waals surface area (Å²) in [6, 6.07) is 8.31. The molecule has 1 unspecified atom stereocenters. The molecule has 1 aromatic carbocycles. The van der Waals surface area contributed by atoms with E-state index in [4.69, 9.17) is 9.15 Å². The van der Waals surface area contributed by atoms with Crippen LogP contribution in [-0.2, 0) is 17.7 Å². The molecule has 0 amide bonds. The van der Waals surface area contributed by atoms with Gasteiger partial charge in [-0.3, -0.25) is 0 Å². The molecular weight excluding hydrogens is 262 g/mol. The van der Waals surface area contributed by atoms with E-state index in [1.807, 2.05) is 12.1 Å². The Morgan fingerprint density at radius 1 is 1.24 bits per heavy atom. The van der Waals surface area contributed by atoms with Gasteiger partial charge in [0.15, 0.2) is 0 Å². The zero-order valence-electron chi connectivity index (χ0n) is 12.9. The summed E-state index contributed by atoms with van der Waals surface area (Å²) in [6.45, 7) is 4.98. The Hall–Kier alpha value is -1.32. The molecule has 1 fully saturated rings. The van der Waals surface area contributed by atoms with Crippen LogP contribution in [0.4, 0.5) is 0 Å². The van der Waals surface area contributed by atoms with Gasteiger partial charge in [0.25, 0.3) is 0 Å². The maximum Gasteiger partial charge on any atom is 0.134 e. The van der Waals surface area contributed by atoms with Crippen molar-refractivity contribution in [2.45, 2.75) is 51.7 Å². The lowest BCUT2D eigenvalue weighted by Crippen LogP contribution is -2.25. The van der Waals surface area contributed by atoms with Crippen LogP contribution < -0.4 is 5.32 Å². The molecule has 3 rings (SSSR count). The average molecular weight is 287 g/mol. The van der Waals surface area contributed by atoms with E-state index in [2.05, 4.69) is 24.4 Å². The molecule has 0 radical (unpaired) electrons. The van der Waals surface area contributed by atoms with Crippen LogP contribution in [0.2, 0.25) is 0 Å². The largest absolute Gasteiger partial charge is 0.461 e. The van der Waals surface area contributed by atoms with E-state index in [9.17, 15) is 0 Å². The Bertz CT molecular complexity index is 570. The van der Waals surface area contributed by atoms with Gasteiger partial charge in [0.05, 0.1) is 6.10 Å². The minimum atomic E-state index is 0.456. The lowest BCUT2D eigenvalue weighted by molar-refractivity contribution is 0.0115. The van der Waals surface area contributed by atoms with Crippen LogP contribution >= 0.6 is 0 Å². The van der Waals surface area contributed by atoms with Crippen molar-refractivity contribution in [3.63, 3.8) is 0 Å². The van der Waals surface area contributed by atoms with Gasteiger partial charge in [0.2, 0.25) is 0 Å². The van der Waals surface area contributed by atoms with Gasteiger partial charge in [-0.2, -0.15) is 0 Å². The Morgan fingerprint density at radius 3 is 2.95 bits per heavy atom. The summed E-state index contributed by atoms with van der Waals surface area (Å²) in [5.41, 5.74) is 2.32. The third-order valence-corrected chi connectivity index (χ3v) is 4.32. The second-order valence-corrected chi connectivity index (χ2v) is 5.81. The van der Waals surface area contributed by atoms with Crippen molar-refractivity contribution >= 4 is 11.0 Å². The smallest absolute Gasteiger partial charge is 0.134 e. The first-order valence-corrected chi connectivity index (χ1v) is 8.20. The van der Waals surface area contributed by atoms with Crippen LogP contribution in [0.15, 0.2) is 28.7 Å². The van der Waals surface area contributed by atoms with Gasteiger partial charge in [0, 0.05) is 30.5 Å². The molecule has 0 bridgehead atoms. The van der Waals surface area contributed by atoms with E-state index >= 15 is 0 Å². The number of aryl methyl sites for hydroxylation is 1. The van der Waals surface area contributed by atoms with Gasteiger partial charge in [-0.1, -0.05) is 25.1 Å². The van der Waals surface area contributed by atoms with Gasteiger partial charge in [-0.25, -0.2) is 0 Å². The number of ether oxygens (including phenoxy) is 1. The fourth-order valence-corrected chi connectivity index (χ4v) is 3.14.